The standard InChI is InChI=1S/C16H15BrN2O3/c1-21-15-9-13(17)7-8-14(15)22-11-16(20)19-18-10-12-5-3-2-4-6-12/h2-10H,11H2,1H3,(H,19,20)/b18-10+. The van der Waals surface area contributed by atoms with Gasteiger partial charge in [-0.1, -0.05) is 46.3 Å². The van der Waals surface area contributed by atoms with Crippen LogP contribution >= 0.6 is 15.9 Å². The Hall–Kier alpha value is -2.34. The second-order valence-electron chi connectivity index (χ2n) is 4.29. The van der Waals surface area contributed by atoms with Crippen LogP contribution in [0, 0.1) is 0 Å². The monoisotopic (exact) mass is 362 g/mol. The number of methoxy groups -OCH3 is 1. The fourth-order valence-corrected chi connectivity index (χ4v) is 1.99. The molecular formula is C16H15BrN2O3. The fourth-order valence-electron chi connectivity index (χ4n) is 1.65. The molecule has 0 fully saturated rings. The molecule has 0 unspecified atom stereocenters. The molecule has 1 N–H and O–H groups in total. The van der Waals surface area contributed by atoms with Gasteiger partial charge >= 0.3 is 0 Å². The van der Waals surface area contributed by atoms with E-state index in [0.29, 0.717) is 11.5 Å². The summed E-state index contributed by atoms with van der Waals surface area (Å²) in [5, 5.41) is 3.87. The number of carbonyl (C=O) groups is 1. The fraction of sp³-hybridized carbons (Fsp3) is 0.125. The van der Waals surface area contributed by atoms with Crippen LogP contribution in [0.4, 0.5) is 0 Å². The Labute approximate surface area is 137 Å². The largest absolute Gasteiger partial charge is 0.493 e. The van der Waals surface area contributed by atoms with Crippen molar-refractivity contribution in [2.45, 2.75) is 0 Å². The Morgan fingerprint density at radius 3 is 2.73 bits per heavy atom. The van der Waals surface area contributed by atoms with Gasteiger partial charge in [0.1, 0.15) is 0 Å². The summed E-state index contributed by atoms with van der Waals surface area (Å²) in [5.74, 6) is 0.694. The number of hydrogen-bond acceptors (Lipinski definition) is 4. The molecule has 0 aromatic heterocycles. The van der Waals surface area contributed by atoms with Crippen molar-refractivity contribution < 1.29 is 14.3 Å². The molecule has 5 nitrogen and oxygen atoms in total. The van der Waals surface area contributed by atoms with Gasteiger partial charge in [0.25, 0.3) is 5.91 Å². The van der Waals surface area contributed by atoms with E-state index in [-0.39, 0.29) is 12.5 Å². The molecule has 2 rings (SSSR count). The van der Waals surface area contributed by atoms with Crippen LogP contribution in [0.25, 0.3) is 0 Å². The molecule has 0 saturated carbocycles. The second kappa shape index (κ2) is 8.19. The van der Waals surface area contributed by atoms with Gasteiger partial charge in [-0.2, -0.15) is 5.10 Å². The first-order valence-electron chi connectivity index (χ1n) is 6.52. The van der Waals surface area contributed by atoms with E-state index in [2.05, 4.69) is 26.5 Å². The molecule has 0 atom stereocenters. The summed E-state index contributed by atoms with van der Waals surface area (Å²) in [6, 6.07) is 14.8. The van der Waals surface area contributed by atoms with Crippen LogP contribution in [0.2, 0.25) is 0 Å². The predicted octanol–water partition coefficient (Wildman–Crippen LogP) is 2.99. The topological polar surface area (TPSA) is 59.9 Å². The molecule has 2 aromatic rings. The van der Waals surface area contributed by atoms with Gasteiger partial charge in [0, 0.05) is 4.47 Å². The summed E-state index contributed by atoms with van der Waals surface area (Å²) in [5.41, 5.74) is 3.31. The summed E-state index contributed by atoms with van der Waals surface area (Å²) in [7, 11) is 1.54. The van der Waals surface area contributed by atoms with Crippen molar-refractivity contribution >= 4 is 28.1 Å². The molecule has 0 aliphatic heterocycles. The molecule has 0 bridgehead atoms. The van der Waals surface area contributed by atoms with Crippen molar-refractivity contribution in [3.8, 4) is 11.5 Å². The van der Waals surface area contributed by atoms with Gasteiger partial charge in [0.05, 0.1) is 13.3 Å². The molecule has 2 aromatic carbocycles. The number of benzene rings is 2. The lowest BCUT2D eigenvalue weighted by Crippen LogP contribution is -2.24. The molecule has 0 aliphatic rings. The normalized spacial score (nSPS) is 10.5. The van der Waals surface area contributed by atoms with E-state index in [1.54, 1.807) is 25.5 Å². The van der Waals surface area contributed by atoms with Gasteiger partial charge in [-0.25, -0.2) is 5.43 Å². The maximum Gasteiger partial charge on any atom is 0.277 e. The van der Waals surface area contributed by atoms with Gasteiger partial charge in [-0.3, -0.25) is 4.79 Å². The van der Waals surface area contributed by atoms with E-state index in [0.717, 1.165) is 10.0 Å². The van der Waals surface area contributed by atoms with E-state index in [4.69, 9.17) is 9.47 Å². The van der Waals surface area contributed by atoms with Gasteiger partial charge in [0.15, 0.2) is 18.1 Å². The van der Waals surface area contributed by atoms with E-state index >= 15 is 0 Å². The zero-order valence-corrected chi connectivity index (χ0v) is 13.5. The van der Waals surface area contributed by atoms with Crippen LogP contribution in [0.5, 0.6) is 11.5 Å². The van der Waals surface area contributed by atoms with Crippen LogP contribution in [-0.2, 0) is 4.79 Å². The Kier molecular flexibility index (Phi) is 5.97. The van der Waals surface area contributed by atoms with Gasteiger partial charge in [-0.15, -0.1) is 0 Å². The third-order valence-electron chi connectivity index (χ3n) is 2.69. The lowest BCUT2D eigenvalue weighted by atomic mass is 10.2. The predicted molar refractivity (Wildman–Crippen MR) is 88.4 cm³/mol. The van der Waals surface area contributed by atoms with Crippen LogP contribution in [0.3, 0.4) is 0 Å². The number of hydrazone groups is 1. The van der Waals surface area contributed by atoms with Gasteiger partial charge < -0.3 is 9.47 Å². The van der Waals surface area contributed by atoms with E-state index in [1.165, 1.54) is 0 Å². The third kappa shape index (κ3) is 4.89. The average molecular weight is 363 g/mol. The van der Waals surface area contributed by atoms with Gasteiger partial charge in [-0.05, 0) is 23.8 Å². The zero-order chi connectivity index (χ0) is 15.8. The highest BCUT2D eigenvalue weighted by Gasteiger charge is 2.07. The van der Waals surface area contributed by atoms with Crippen LogP contribution in [-0.4, -0.2) is 25.8 Å². The van der Waals surface area contributed by atoms with Crippen molar-refractivity contribution in [3.05, 3.63) is 58.6 Å². The molecule has 0 spiro atoms. The highest BCUT2D eigenvalue weighted by atomic mass is 79.9. The minimum Gasteiger partial charge on any atom is -0.493 e. The summed E-state index contributed by atoms with van der Waals surface area (Å²) in [6.07, 6.45) is 1.57. The summed E-state index contributed by atoms with van der Waals surface area (Å²) >= 11 is 3.34. The van der Waals surface area contributed by atoms with Crippen LogP contribution in [0.1, 0.15) is 5.56 Å². The Morgan fingerprint density at radius 2 is 2.00 bits per heavy atom. The number of ether oxygens (including phenoxy) is 2. The summed E-state index contributed by atoms with van der Waals surface area (Å²) in [4.78, 5) is 11.7. The van der Waals surface area contributed by atoms with Crippen LogP contribution < -0.4 is 14.9 Å². The van der Waals surface area contributed by atoms with Crippen molar-refractivity contribution in [3.63, 3.8) is 0 Å². The maximum atomic E-state index is 11.7. The van der Waals surface area contributed by atoms with Gasteiger partial charge in [0.2, 0.25) is 0 Å². The quantitative estimate of drug-likeness (QED) is 0.634. The smallest absolute Gasteiger partial charge is 0.277 e. The molecular weight excluding hydrogens is 348 g/mol. The SMILES string of the molecule is COc1cc(Br)ccc1OCC(=O)N/N=C/c1ccccc1. The highest BCUT2D eigenvalue weighted by molar-refractivity contribution is 9.10. The average Bonchev–Trinajstić information content (AvgIpc) is 2.54. The van der Waals surface area contributed by atoms with E-state index < -0.39 is 0 Å². The summed E-state index contributed by atoms with van der Waals surface area (Å²) in [6.45, 7) is -0.149. The summed E-state index contributed by atoms with van der Waals surface area (Å²) < 4.78 is 11.5. The lowest BCUT2D eigenvalue weighted by Gasteiger charge is -2.10. The Balaban J connectivity index is 1.84. The van der Waals surface area contributed by atoms with Crippen LogP contribution in [0.15, 0.2) is 58.1 Å². The number of rotatable bonds is 6. The third-order valence-corrected chi connectivity index (χ3v) is 3.18. The minimum atomic E-state index is -0.350. The Morgan fingerprint density at radius 1 is 1.23 bits per heavy atom. The number of nitrogens with one attached hydrogen (secondary N) is 1. The Bertz CT molecular complexity index is 660. The van der Waals surface area contributed by atoms with Crippen molar-refractivity contribution in [2.24, 2.45) is 5.10 Å². The molecule has 22 heavy (non-hydrogen) atoms. The number of nitrogens with zero attached hydrogens (tertiary/aromatic N) is 1. The molecule has 0 aliphatic carbocycles. The van der Waals surface area contributed by atoms with E-state index in [9.17, 15) is 4.79 Å². The van der Waals surface area contributed by atoms with E-state index in [1.807, 2.05) is 36.4 Å². The molecule has 0 heterocycles. The number of amides is 1. The number of halogens is 1. The lowest BCUT2D eigenvalue weighted by molar-refractivity contribution is -0.123. The molecule has 6 heteroatoms. The second-order valence-corrected chi connectivity index (χ2v) is 5.20. The number of carbonyl (C=O) groups excluding carboxylic acids is 1. The highest BCUT2D eigenvalue weighted by Crippen LogP contribution is 2.29. The molecule has 114 valence electrons. The maximum absolute atomic E-state index is 11.7. The minimum absolute atomic E-state index is 0.149. The van der Waals surface area contributed by atoms with Crippen molar-refractivity contribution in [1.82, 2.24) is 5.43 Å². The molecule has 1 amide bonds. The molecule has 0 saturated heterocycles. The number of hydrogen-bond donors (Lipinski definition) is 1. The van der Waals surface area contributed by atoms with Crippen molar-refractivity contribution in [2.75, 3.05) is 13.7 Å². The molecule has 0 radical (unpaired) electrons. The first kappa shape index (κ1) is 16.0. The first-order valence-corrected chi connectivity index (χ1v) is 7.31. The van der Waals surface area contributed by atoms with Crippen molar-refractivity contribution in [1.29, 1.82) is 0 Å². The zero-order valence-electron chi connectivity index (χ0n) is 12.0. The first-order chi connectivity index (χ1) is 10.7.